The number of benzene rings is 1. The lowest BCUT2D eigenvalue weighted by molar-refractivity contribution is -0.110. The second kappa shape index (κ2) is 4.42. The first-order valence-corrected chi connectivity index (χ1v) is 4.92. The van der Waals surface area contributed by atoms with Crippen molar-refractivity contribution < 1.29 is 4.79 Å². The topological polar surface area (TPSA) is 43.1 Å². The molecule has 0 aliphatic carbocycles. The molecule has 3 heteroatoms. The number of carbonyl (C=O) groups excluding carboxylic acids is 1. The van der Waals surface area contributed by atoms with E-state index in [0.717, 1.165) is 28.4 Å². The van der Waals surface area contributed by atoms with Crippen LogP contribution in [0.15, 0.2) is 22.7 Å². The molecule has 13 heavy (non-hydrogen) atoms. The highest BCUT2D eigenvalue weighted by Crippen LogP contribution is 2.21. The Morgan fingerprint density at radius 2 is 2.31 bits per heavy atom. The number of halogens is 1. The fourth-order valence-corrected chi connectivity index (χ4v) is 1.54. The molecule has 0 spiro atoms. The predicted octanol–water partition coefficient (Wildman–Crippen LogP) is 2.41. The third-order valence-corrected chi connectivity index (χ3v) is 2.54. The standard InChI is InChI=1S/C10H12BrNO/c1-7(6-13)4-8-2-3-10(12)9(11)5-8/h2-3,5-7H,4,12H2,1H3. The molecule has 0 saturated heterocycles. The van der Waals surface area contributed by atoms with Crippen LogP contribution in [0.2, 0.25) is 0 Å². The molecule has 2 nitrogen and oxygen atoms in total. The van der Waals surface area contributed by atoms with Crippen LogP contribution in [0.5, 0.6) is 0 Å². The second-order valence-electron chi connectivity index (χ2n) is 3.17. The van der Waals surface area contributed by atoms with Crippen LogP contribution in [-0.4, -0.2) is 6.29 Å². The van der Waals surface area contributed by atoms with Gasteiger partial charge in [-0.15, -0.1) is 0 Å². The van der Waals surface area contributed by atoms with Crippen molar-refractivity contribution in [1.82, 2.24) is 0 Å². The van der Waals surface area contributed by atoms with E-state index >= 15 is 0 Å². The van der Waals surface area contributed by atoms with Gasteiger partial charge in [-0.05, 0) is 40.0 Å². The van der Waals surface area contributed by atoms with Crippen molar-refractivity contribution >= 4 is 27.9 Å². The minimum absolute atomic E-state index is 0.0653. The average molecular weight is 242 g/mol. The zero-order valence-corrected chi connectivity index (χ0v) is 9.04. The van der Waals surface area contributed by atoms with Crippen LogP contribution in [0.4, 0.5) is 5.69 Å². The molecule has 1 rings (SSSR count). The lowest BCUT2D eigenvalue weighted by Gasteiger charge is -2.05. The fraction of sp³-hybridized carbons (Fsp3) is 0.300. The van der Waals surface area contributed by atoms with Crippen molar-refractivity contribution in [2.24, 2.45) is 5.92 Å². The summed E-state index contributed by atoms with van der Waals surface area (Å²) in [5.41, 5.74) is 7.49. The molecule has 70 valence electrons. The summed E-state index contributed by atoms with van der Waals surface area (Å²) >= 11 is 3.34. The number of carbonyl (C=O) groups is 1. The summed E-state index contributed by atoms with van der Waals surface area (Å²) in [4.78, 5) is 10.4. The molecule has 1 unspecified atom stereocenters. The van der Waals surface area contributed by atoms with Crippen molar-refractivity contribution in [1.29, 1.82) is 0 Å². The zero-order valence-electron chi connectivity index (χ0n) is 7.46. The highest BCUT2D eigenvalue weighted by molar-refractivity contribution is 9.10. The van der Waals surface area contributed by atoms with Crippen LogP contribution in [0.1, 0.15) is 12.5 Å². The number of anilines is 1. The Balaban J connectivity index is 2.79. The van der Waals surface area contributed by atoms with E-state index in [1.165, 1.54) is 0 Å². The first-order chi connectivity index (χ1) is 6.13. The summed E-state index contributed by atoms with van der Waals surface area (Å²) in [5.74, 6) is 0.0653. The quantitative estimate of drug-likeness (QED) is 0.653. The summed E-state index contributed by atoms with van der Waals surface area (Å²) in [6.07, 6.45) is 1.73. The molecule has 1 atom stereocenters. The van der Waals surface area contributed by atoms with Crippen molar-refractivity contribution in [3.05, 3.63) is 28.2 Å². The zero-order chi connectivity index (χ0) is 9.84. The smallest absolute Gasteiger partial charge is 0.123 e. The van der Waals surface area contributed by atoms with E-state index in [-0.39, 0.29) is 5.92 Å². The van der Waals surface area contributed by atoms with Crippen molar-refractivity contribution in [2.75, 3.05) is 5.73 Å². The number of rotatable bonds is 3. The lowest BCUT2D eigenvalue weighted by Crippen LogP contribution is -2.00. The number of hydrogen-bond donors (Lipinski definition) is 1. The van der Waals surface area contributed by atoms with Crippen LogP contribution in [-0.2, 0) is 11.2 Å². The molecular formula is C10H12BrNO. The van der Waals surface area contributed by atoms with E-state index in [9.17, 15) is 4.79 Å². The minimum atomic E-state index is 0.0653. The highest BCUT2D eigenvalue weighted by atomic mass is 79.9. The summed E-state index contributed by atoms with van der Waals surface area (Å²) in [6, 6.07) is 5.74. The van der Waals surface area contributed by atoms with Gasteiger partial charge in [0.2, 0.25) is 0 Å². The van der Waals surface area contributed by atoms with Gasteiger partial charge in [0.05, 0.1) is 0 Å². The van der Waals surface area contributed by atoms with E-state index in [1.807, 2.05) is 25.1 Å². The van der Waals surface area contributed by atoms with Gasteiger partial charge < -0.3 is 10.5 Å². The lowest BCUT2D eigenvalue weighted by atomic mass is 10.0. The van der Waals surface area contributed by atoms with Crippen molar-refractivity contribution in [3.8, 4) is 0 Å². The van der Waals surface area contributed by atoms with Crippen LogP contribution < -0.4 is 5.73 Å². The van der Waals surface area contributed by atoms with E-state index in [2.05, 4.69) is 15.9 Å². The second-order valence-corrected chi connectivity index (χ2v) is 4.03. The van der Waals surface area contributed by atoms with E-state index < -0.39 is 0 Å². The molecule has 0 aliphatic rings. The summed E-state index contributed by atoms with van der Waals surface area (Å²) < 4.78 is 0.892. The molecule has 0 aromatic heterocycles. The van der Waals surface area contributed by atoms with Crippen molar-refractivity contribution in [2.45, 2.75) is 13.3 Å². The predicted molar refractivity (Wildman–Crippen MR) is 57.5 cm³/mol. The van der Waals surface area contributed by atoms with Gasteiger partial charge in [0.1, 0.15) is 6.29 Å². The molecule has 0 bridgehead atoms. The molecule has 1 aromatic carbocycles. The van der Waals surface area contributed by atoms with Gasteiger partial charge in [0.15, 0.2) is 0 Å². The van der Waals surface area contributed by atoms with E-state index in [0.29, 0.717) is 0 Å². The first kappa shape index (κ1) is 10.3. The largest absolute Gasteiger partial charge is 0.398 e. The van der Waals surface area contributed by atoms with Crippen LogP contribution >= 0.6 is 15.9 Å². The normalized spacial score (nSPS) is 12.5. The van der Waals surface area contributed by atoms with Gasteiger partial charge in [-0.3, -0.25) is 0 Å². The third-order valence-electron chi connectivity index (χ3n) is 1.85. The Kier molecular flexibility index (Phi) is 3.48. The first-order valence-electron chi connectivity index (χ1n) is 4.12. The molecule has 0 amide bonds. The summed E-state index contributed by atoms with van der Waals surface area (Å²) in [7, 11) is 0. The Morgan fingerprint density at radius 3 is 2.85 bits per heavy atom. The molecule has 0 saturated carbocycles. The number of nitrogens with two attached hydrogens (primary N) is 1. The molecule has 0 heterocycles. The maximum absolute atomic E-state index is 10.4. The van der Waals surface area contributed by atoms with Crippen molar-refractivity contribution in [3.63, 3.8) is 0 Å². The molecule has 0 radical (unpaired) electrons. The fourth-order valence-electron chi connectivity index (χ4n) is 1.12. The van der Waals surface area contributed by atoms with E-state index in [1.54, 1.807) is 0 Å². The van der Waals surface area contributed by atoms with Gasteiger partial charge in [-0.2, -0.15) is 0 Å². The van der Waals surface area contributed by atoms with Gasteiger partial charge in [-0.1, -0.05) is 13.0 Å². The Bertz CT molecular complexity index is 312. The van der Waals surface area contributed by atoms with Crippen LogP contribution in [0, 0.1) is 5.92 Å². The highest BCUT2D eigenvalue weighted by Gasteiger charge is 2.03. The van der Waals surface area contributed by atoms with Crippen LogP contribution in [0.3, 0.4) is 0 Å². The van der Waals surface area contributed by atoms with Gasteiger partial charge in [0, 0.05) is 16.1 Å². The number of hydrogen-bond acceptors (Lipinski definition) is 2. The molecule has 0 aliphatic heterocycles. The maximum atomic E-state index is 10.4. The molecule has 1 aromatic rings. The SMILES string of the molecule is CC(C=O)Cc1ccc(N)c(Br)c1. The maximum Gasteiger partial charge on any atom is 0.123 e. The van der Waals surface area contributed by atoms with Gasteiger partial charge in [0.25, 0.3) is 0 Å². The molecule has 0 fully saturated rings. The van der Waals surface area contributed by atoms with Gasteiger partial charge in [-0.25, -0.2) is 0 Å². The minimum Gasteiger partial charge on any atom is -0.398 e. The summed E-state index contributed by atoms with van der Waals surface area (Å²) in [6.45, 7) is 1.90. The summed E-state index contributed by atoms with van der Waals surface area (Å²) in [5, 5.41) is 0. The van der Waals surface area contributed by atoms with Gasteiger partial charge >= 0.3 is 0 Å². The number of aldehydes is 1. The van der Waals surface area contributed by atoms with Crippen LogP contribution in [0.25, 0.3) is 0 Å². The Labute approximate surface area is 86.3 Å². The Hall–Kier alpha value is -0.830. The average Bonchev–Trinajstić information content (AvgIpc) is 2.11. The molecular weight excluding hydrogens is 230 g/mol. The molecule has 2 N–H and O–H groups in total. The monoisotopic (exact) mass is 241 g/mol. The number of nitrogen functional groups attached to an aromatic ring is 1. The Morgan fingerprint density at radius 1 is 1.62 bits per heavy atom. The van der Waals surface area contributed by atoms with E-state index in [4.69, 9.17) is 5.73 Å². The third kappa shape index (κ3) is 2.84.